The molecule has 0 aliphatic rings. The zero-order valence-corrected chi connectivity index (χ0v) is 9.35. The Kier molecular flexibility index (Phi) is 2.30. The number of hydrogen-bond donors (Lipinski definition) is 0. The Morgan fingerprint density at radius 1 is 0.647 bits per heavy atom. The summed E-state index contributed by atoms with van der Waals surface area (Å²) in [6, 6.07) is 22.2. The van der Waals surface area contributed by atoms with Crippen molar-refractivity contribution in [2.24, 2.45) is 0 Å². The van der Waals surface area contributed by atoms with E-state index in [4.69, 9.17) is 5.73 Å². The van der Waals surface area contributed by atoms with Gasteiger partial charge in [0.05, 0.1) is 5.69 Å². The van der Waals surface area contributed by atoms with E-state index in [1.165, 1.54) is 0 Å². The van der Waals surface area contributed by atoms with Gasteiger partial charge in [-0.3, -0.25) is 5.73 Å². The van der Waals surface area contributed by atoms with Crippen LogP contribution in [0.25, 0.3) is 21.9 Å². The van der Waals surface area contributed by atoms with Gasteiger partial charge in [-0.15, -0.1) is 0 Å². The molecule has 3 rings (SSSR count). The molecule has 1 nitrogen and oxygen atoms in total. The van der Waals surface area contributed by atoms with Crippen molar-refractivity contribution in [1.29, 1.82) is 0 Å². The lowest BCUT2D eigenvalue weighted by molar-refractivity contribution is 1.51. The molecule has 81 valence electrons. The van der Waals surface area contributed by atoms with Gasteiger partial charge < -0.3 is 0 Å². The molecule has 0 heterocycles. The molecule has 0 bridgehead atoms. The van der Waals surface area contributed by atoms with Gasteiger partial charge in [0.15, 0.2) is 0 Å². The van der Waals surface area contributed by atoms with Crippen molar-refractivity contribution in [2.75, 3.05) is 0 Å². The molecule has 0 aromatic heterocycles. The van der Waals surface area contributed by atoms with Crippen LogP contribution in [0.1, 0.15) is 0 Å². The van der Waals surface area contributed by atoms with Crippen molar-refractivity contribution in [3.05, 3.63) is 66.7 Å². The lowest BCUT2D eigenvalue weighted by Gasteiger charge is -2.08. The van der Waals surface area contributed by atoms with Crippen LogP contribution in [0.2, 0.25) is 0 Å². The van der Waals surface area contributed by atoms with Crippen LogP contribution in [0.3, 0.4) is 0 Å². The first-order chi connectivity index (χ1) is 8.36. The number of nitrogens with one attached hydrogen (secondary N) is 1. The summed E-state index contributed by atoms with van der Waals surface area (Å²) in [5.41, 5.74) is 11.0. The van der Waals surface area contributed by atoms with E-state index in [-0.39, 0.29) is 0 Å². The van der Waals surface area contributed by atoms with Gasteiger partial charge in [0.2, 0.25) is 0 Å². The van der Waals surface area contributed by atoms with E-state index in [0.29, 0.717) is 5.69 Å². The molecule has 17 heavy (non-hydrogen) atoms. The molecule has 3 aromatic carbocycles. The number of hydrogen-bond acceptors (Lipinski definition) is 0. The number of rotatable bonds is 1. The van der Waals surface area contributed by atoms with E-state index in [1.807, 2.05) is 60.7 Å². The van der Waals surface area contributed by atoms with Crippen molar-refractivity contribution in [3.8, 4) is 11.1 Å². The molecule has 0 saturated heterocycles. The topological polar surface area (TPSA) is 23.8 Å². The minimum absolute atomic E-state index is 0.606. The molecule has 1 N–H and O–H groups in total. The number of fused-ring (bicyclic) bond motifs is 1. The fraction of sp³-hybridized carbons (Fsp3) is 0. The van der Waals surface area contributed by atoms with Crippen molar-refractivity contribution >= 4 is 16.5 Å². The molecule has 0 saturated carbocycles. The molecule has 1 heteroatoms. The van der Waals surface area contributed by atoms with Crippen LogP contribution >= 0.6 is 0 Å². The van der Waals surface area contributed by atoms with E-state index >= 15 is 0 Å². The van der Waals surface area contributed by atoms with Crippen molar-refractivity contribution in [1.82, 2.24) is 5.73 Å². The first kappa shape index (κ1) is 9.91. The average molecular weight is 218 g/mol. The largest absolute Gasteiger partial charge is 0.300 e. The van der Waals surface area contributed by atoms with Crippen LogP contribution in [0, 0.1) is 0 Å². The van der Waals surface area contributed by atoms with Crippen LogP contribution in [0.15, 0.2) is 66.7 Å². The van der Waals surface area contributed by atoms with Crippen LogP contribution in [0.5, 0.6) is 0 Å². The predicted molar refractivity (Wildman–Crippen MR) is 72.1 cm³/mol. The standard InChI is InChI=1S/C16H12N/c17-16-14-9-5-4-8-13(14)10-11-15(16)12-6-2-1-3-7-12/h1-11,17H. The van der Waals surface area contributed by atoms with Gasteiger partial charge >= 0.3 is 0 Å². The fourth-order valence-electron chi connectivity index (χ4n) is 2.13. The highest BCUT2D eigenvalue weighted by atomic mass is 14.6. The number of benzene rings is 3. The average Bonchev–Trinajstić information content (AvgIpc) is 2.40. The molecule has 0 unspecified atom stereocenters. The quantitative estimate of drug-likeness (QED) is 0.577. The van der Waals surface area contributed by atoms with E-state index in [1.54, 1.807) is 0 Å². The van der Waals surface area contributed by atoms with Gasteiger partial charge in [0.25, 0.3) is 0 Å². The minimum atomic E-state index is 0.606. The SMILES string of the molecule is [NH]c1c(-c2ccccc2)ccc2ccccc12. The molecule has 3 aromatic rings. The van der Waals surface area contributed by atoms with Gasteiger partial charge in [-0.1, -0.05) is 66.7 Å². The van der Waals surface area contributed by atoms with E-state index in [2.05, 4.69) is 6.07 Å². The van der Waals surface area contributed by atoms with E-state index in [0.717, 1.165) is 21.9 Å². The second-order valence-corrected chi connectivity index (χ2v) is 4.08. The van der Waals surface area contributed by atoms with E-state index < -0.39 is 0 Å². The Balaban J connectivity index is 2.29. The first-order valence-corrected chi connectivity index (χ1v) is 5.65. The Morgan fingerprint density at radius 3 is 2.18 bits per heavy atom. The highest BCUT2D eigenvalue weighted by Crippen LogP contribution is 2.33. The molecule has 1 radical (unpaired) electrons. The molecule has 0 amide bonds. The first-order valence-electron chi connectivity index (χ1n) is 5.65. The maximum absolute atomic E-state index is 8.28. The molecular weight excluding hydrogens is 206 g/mol. The summed E-state index contributed by atoms with van der Waals surface area (Å²) in [7, 11) is 0. The third-order valence-corrected chi connectivity index (χ3v) is 3.01. The fourth-order valence-corrected chi connectivity index (χ4v) is 2.13. The van der Waals surface area contributed by atoms with Crippen LogP contribution in [-0.4, -0.2) is 0 Å². The van der Waals surface area contributed by atoms with E-state index in [9.17, 15) is 0 Å². The van der Waals surface area contributed by atoms with Crippen LogP contribution < -0.4 is 5.73 Å². The second kappa shape index (κ2) is 3.95. The lowest BCUT2D eigenvalue weighted by Crippen LogP contribution is -1.83. The molecule has 0 atom stereocenters. The summed E-state index contributed by atoms with van der Waals surface area (Å²) in [4.78, 5) is 0. The summed E-state index contributed by atoms with van der Waals surface area (Å²) in [5.74, 6) is 0. The monoisotopic (exact) mass is 218 g/mol. The van der Waals surface area contributed by atoms with Crippen molar-refractivity contribution in [2.45, 2.75) is 0 Å². The molecular formula is C16H12N. The van der Waals surface area contributed by atoms with Gasteiger partial charge in [-0.2, -0.15) is 0 Å². The third kappa shape index (κ3) is 1.66. The maximum Gasteiger partial charge on any atom is 0.0696 e. The Hall–Kier alpha value is -2.28. The smallest absolute Gasteiger partial charge is 0.0696 e. The minimum Gasteiger partial charge on any atom is -0.300 e. The highest BCUT2D eigenvalue weighted by molar-refractivity contribution is 5.99. The Bertz CT molecular complexity index is 657. The molecule has 0 spiro atoms. The highest BCUT2D eigenvalue weighted by Gasteiger charge is 2.05. The zero-order chi connectivity index (χ0) is 11.7. The molecule has 0 fully saturated rings. The summed E-state index contributed by atoms with van der Waals surface area (Å²) in [6.07, 6.45) is 0. The molecule has 0 aliphatic carbocycles. The van der Waals surface area contributed by atoms with Gasteiger partial charge in [-0.05, 0) is 10.9 Å². The second-order valence-electron chi connectivity index (χ2n) is 4.08. The zero-order valence-electron chi connectivity index (χ0n) is 9.35. The Labute approximate surface area is 101 Å². The Morgan fingerprint density at radius 2 is 1.35 bits per heavy atom. The molecule has 0 aliphatic heterocycles. The van der Waals surface area contributed by atoms with Crippen LogP contribution in [-0.2, 0) is 0 Å². The van der Waals surface area contributed by atoms with Gasteiger partial charge in [0.1, 0.15) is 0 Å². The van der Waals surface area contributed by atoms with Gasteiger partial charge in [0, 0.05) is 10.9 Å². The van der Waals surface area contributed by atoms with Crippen molar-refractivity contribution < 1.29 is 0 Å². The van der Waals surface area contributed by atoms with Crippen LogP contribution in [0.4, 0.5) is 5.69 Å². The summed E-state index contributed by atoms with van der Waals surface area (Å²) < 4.78 is 0. The summed E-state index contributed by atoms with van der Waals surface area (Å²) in [6.45, 7) is 0. The maximum atomic E-state index is 8.28. The lowest BCUT2D eigenvalue weighted by atomic mass is 9.99. The summed E-state index contributed by atoms with van der Waals surface area (Å²) >= 11 is 0. The van der Waals surface area contributed by atoms with Crippen molar-refractivity contribution in [3.63, 3.8) is 0 Å². The third-order valence-electron chi connectivity index (χ3n) is 3.01. The van der Waals surface area contributed by atoms with Gasteiger partial charge in [-0.25, -0.2) is 0 Å². The predicted octanol–water partition coefficient (Wildman–Crippen LogP) is 4.42. The normalized spacial score (nSPS) is 10.6. The summed E-state index contributed by atoms with van der Waals surface area (Å²) in [5, 5.41) is 2.13.